The highest BCUT2D eigenvalue weighted by Crippen LogP contribution is 2.28. The van der Waals surface area contributed by atoms with E-state index in [9.17, 15) is 0 Å². The van der Waals surface area contributed by atoms with Gasteiger partial charge in [-0.1, -0.05) is 67.5 Å². The number of rotatable bonds is 5. The fourth-order valence-corrected chi connectivity index (χ4v) is 2.67. The van der Waals surface area contributed by atoms with Crippen LogP contribution >= 0.6 is 0 Å². The van der Waals surface area contributed by atoms with Crippen LogP contribution in [0.1, 0.15) is 98.9 Å². The zero-order valence-electron chi connectivity index (χ0n) is 25.2. The minimum atomic E-state index is 0.193. The third kappa shape index (κ3) is 16.7. The molecule has 0 saturated carbocycles. The van der Waals surface area contributed by atoms with Crippen LogP contribution in [0, 0.1) is 20.8 Å². The van der Waals surface area contributed by atoms with Gasteiger partial charge in [0.25, 0.3) is 5.88 Å². The normalized spacial score (nSPS) is 10.9. The first-order chi connectivity index (χ1) is 16.9. The Labute approximate surface area is 217 Å². The first kappa shape index (κ1) is 37.0. The van der Waals surface area contributed by atoms with E-state index in [1.165, 1.54) is 5.56 Å². The van der Waals surface area contributed by atoms with Crippen LogP contribution in [-0.4, -0.2) is 29.3 Å². The summed E-state index contributed by atoms with van der Waals surface area (Å²) < 4.78 is 16.5. The summed E-state index contributed by atoms with van der Waals surface area (Å²) in [5.74, 6) is 2.05. The van der Waals surface area contributed by atoms with E-state index in [2.05, 4.69) is 28.2 Å². The van der Waals surface area contributed by atoms with Gasteiger partial charge in [-0.25, -0.2) is 9.97 Å². The van der Waals surface area contributed by atoms with E-state index in [1.54, 1.807) is 7.11 Å². The van der Waals surface area contributed by atoms with Gasteiger partial charge in [0.15, 0.2) is 5.75 Å². The molecule has 35 heavy (non-hydrogen) atoms. The lowest BCUT2D eigenvalue weighted by molar-refractivity contribution is 0.204. The Hall–Kier alpha value is -2.56. The number of aromatic nitrogens is 2. The molecule has 1 aliphatic carbocycles. The van der Waals surface area contributed by atoms with Crippen LogP contribution in [-0.2, 0) is 0 Å². The molecule has 0 fully saturated rings. The molecule has 0 saturated heterocycles. The molecule has 5 heteroatoms. The van der Waals surface area contributed by atoms with Crippen molar-refractivity contribution >= 4 is 0 Å². The number of ether oxygens (including phenoxy) is 3. The molecule has 0 unspecified atom stereocenters. The molecular formula is C30H54N2O3. The van der Waals surface area contributed by atoms with Crippen LogP contribution < -0.4 is 14.2 Å². The van der Waals surface area contributed by atoms with E-state index in [1.807, 2.05) is 108 Å². The Morgan fingerprint density at radius 2 is 1.37 bits per heavy atom. The summed E-state index contributed by atoms with van der Waals surface area (Å²) in [5.41, 5.74) is 3.20. The molecule has 0 atom stereocenters. The molecule has 0 radical (unpaired) electrons. The predicted molar refractivity (Wildman–Crippen MR) is 153 cm³/mol. The summed E-state index contributed by atoms with van der Waals surface area (Å²) in [6.07, 6.45) is 8.47. The van der Waals surface area contributed by atoms with Gasteiger partial charge in [-0.2, -0.15) is 0 Å². The number of methoxy groups -OCH3 is 1. The van der Waals surface area contributed by atoms with Crippen molar-refractivity contribution in [3.8, 4) is 17.5 Å². The monoisotopic (exact) mass is 490 g/mol. The SMILES string of the molecule is CC.CC.CC.CC.COc1nc(C)ccc1OC1CC=CC1.Cc1cnc(OC(C)C)c(C)c1. The Morgan fingerprint density at radius 1 is 0.829 bits per heavy atom. The molecular weight excluding hydrogens is 436 g/mol. The molecule has 202 valence electrons. The molecule has 0 aliphatic heterocycles. The van der Waals surface area contributed by atoms with Crippen LogP contribution in [0.3, 0.4) is 0 Å². The van der Waals surface area contributed by atoms with Crippen LogP contribution in [0.4, 0.5) is 0 Å². The summed E-state index contributed by atoms with van der Waals surface area (Å²) in [5, 5.41) is 0. The van der Waals surface area contributed by atoms with E-state index in [0.29, 0.717) is 5.88 Å². The maximum absolute atomic E-state index is 5.80. The second-order valence-corrected chi connectivity index (χ2v) is 6.94. The topological polar surface area (TPSA) is 53.5 Å². The fourth-order valence-electron chi connectivity index (χ4n) is 2.67. The minimum absolute atomic E-state index is 0.193. The number of hydrogen-bond donors (Lipinski definition) is 0. The Bertz CT molecular complexity index is 766. The van der Waals surface area contributed by atoms with Crippen LogP contribution in [0.2, 0.25) is 0 Å². The molecule has 0 bridgehead atoms. The second kappa shape index (κ2) is 24.6. The van der Waals surface area contributed by atoms with Gasteiger partial charge < -0.3 is 14.2 Å². The average Bonchev–Trinajstić information content (AvgIpc) is 3.40. The third-order valence-electron chi connectivity index (χ3n) is 3.93. The van der Waals surface area contributed by atoms with Crippen molar-refractivity contribution in [2.24, 2.45) is 0 Å². The summed E-state index contributed by atoms with van der Waals surface area (Å²) in [6, 6.07) is 5.92. The van der Waals surface area contributed by atoms with Crippen molar-refractivity contribution in [2.45, 2.75) is 115 Å². The molecule has 2 aromatic rings. The first-order valence-corrected chi connectivity index (χ1v) is 13.3. The molecule has 3 rings (SSSR count). The highest BCUT2D eigenvalue weighted by Gasteiger charge is 2.15. The zero-order valence-corrected chi connectivity index (χ0v) is 25.2. The van der Waals surface area contributed by atoms with E-state index < -0.39 is 0 Å². The lowest BCUT2D eigenvalue weighted by atomic mass is 10.2. The lowest BCUT2D eigenvalue weighted by Gasteiger charge is -2.15. The van der Waals surface area contributed by atoms with Gasteiger partial charge >= 0.3 is 0 Å². The Kier molecular flexibility index (Phi) is 26.0. The minimum Gasteiger partial charge on any atom is -0.484 e. The molecule has 1 aliphatic rings. The van der Waals surface area contributed by atoms with Crippen molar-refractivity contribution in [1.29, 1.82) is 0 Å². The van der Waals surface area contributed by atoms with Gasteiger partial charge in [-0.15, -0.1) is 0 Å². The fraction of sp³-hybridized carbons (Fsp3) is 0.600. The number of nitrogens with zero attached hydrogens (tertiary/aromatic N) is 2. The quantitative estimate of drug-likeness (QED) is 0.391. The molecule has 2 aromatic heterocycles. The molecule has 2 heterocycles. The molecule has 0 amide bonds. The second-order valence-electron chi connectivity index (χ2n) is 6.94. The smallest absolute Gasteiger partial charge is 0.256 e. The summed E-state index contributed by atoms with van der Waals surface area (Å²) in [7, 11) is 1.61. The molecule has 5 nitrogen and oxygen atoms in total. The molecule has 0 spiro atoms. The summed E-state index contributed by atoms with van der Waals surface area (Å²) >= 11 is 0. The van der Waals surface area contributed by atoms with E-state index in [-0.39, 0.29) is 12.2 Å². The van der Waals surface area contributed by atoms with Crippen molar-refractivity contribution in [3.63, 3.8) is 0 Å². The lowest BCUT2D eigenvalue weighted by Crippen LogP contribution is -2.12. The van der Waals surface area contributed by atoms with Gasteiger partial charge in [0.1, 0.15) is 6.10 Å². The molecule has 0 N–H and O–H groups in total. The van der Waals surface area contributed by atoms with Crippen LogP contribution in [0.25, 0.3) is 0 Å². The predicted octanol–water partition coefficient (Wildman–Crippen LogP) is 9.09. The van der Waals surface area contributed by atoms with Gasteiger partial charge in [0, 0.05) is 30.3 Å². The Balaban J connectivity index is -0.000000462. The highest BCUT2D eigenvalue weighted by atomic mass is 16.5. The van der Waals surface area contributed by atoms with Crippen LogP contribution in [0.15, 0.2) is 36.5 Å². The summed E-state index contributed by atoms with van der Waals surface area (Å²) in [6.45, 7) is 26.0. The van der Waals surface area contributed by atoms with Crippen molar-refractivity contribution in [1.82, 2.24) is 9.97 Å². The zero-order chi connectivity index (χ0) is 27.8. The van der Waals surface area contributed by atoms with Crippen molar-refractivity contribution in [3.05, 3.63) is 53.4 Å². The number of hydrogen-bond acceptors (Lipinski definition) is 5. The Morgan fingerprint density at radius 3 is 1.83 bits per heavy atom. The number of aryl methyl sites for hydroxylation is 3. The van der Waals surface area contributed by atoms with E-state index in [0.717, 1.165) is 35.7 Å². The van der Waals surface area contributed by atoms with Gasteiger partial charge in [0.2, 0.25) is 5.88 Å². The van der Waals surface area contributed by atoms with Gasteiger partial charge in [0.05, 0.1) is 13.2 Å². The third-order valence-corrected chi connectivity index (χ3v) is 3.93. The van der Waals surface area contributed by atoms with Crippen molar-refractivity contribution < 1.29 is 14.2 Å². The average molecular weight is 491 g/mol. The summed E-state index contributed by atoms with van der Waals surface area (Å²) in [4.78, 5) is 8.46. The largest absolute Gasteiger partial charge is 0.484 e. The number of pyridine rings is 2. The maximum atomic E-state index is 5.80. The standard InChI is InChI=1S/C12H15NO2.C10H15NO.4C2H6/c1-9-7-8-11(12(13-9)14-2)15-10-5-3-4-6-10;1-7(2)12-10-9(4)5-8(3)6-11-10;4*1-2/h3-4,7-8,10H,5-6H2,1-2H3;5-7H,1-4H3;4*1-2H3. The maximum Gasteiger partial charge on any atom is 0.256 e. The van der Waals surface area contributed by atoms with Crippen LogP contribution in [0.5, 0.6) is 17.5 Å². The van der Waals surface area contributed by atoms with Crippen molar-refractivity contribution in [2.75, 3.05) is 7.11 Å². The molecule has 0 aromatic carbocycles. The van der Waals surface area contributed by atoms with Gasteiger partial charge in [-0.05, 0) is 58.4 Å². The van der Waals surface area contributed by atoms with Gasteiger partial charge in [-0.3, -0.25) is 0 Å². The highest BCUT2D eigenvalue weighted by molar-refractivity contribution is 5.35. The van der Waals surface area contributed by atoms with E-state index >= 15 is 0 Å². The van der Waals surface area contributed by atoms with E-state index in [4.69, 9.17) is 14.2 Å². The first-order valence-electron chi connectivity index (χ1n) is 13.3.